The molecule has 0 aliphatic carbocycles. The lowest BCUT2D eigenvalue weighted by Crippen LogP contribution is -1.96. The molecule has 0 aliphatic rings. The van der Waals surface area contributed by atoms with Gasteiger partial charge in [0.2, 0.25) is 0 Å². The predicted molar refractivity (Wildman–Crippen MR) is 46.3 cm³/mol. The monoisotopic (exact) mass is 163 g/mol. The molecule has 1 heterocycles. The zero-order valence-corrected chi connectivity index (χ0v) is 6.45. The topological polar surface area (TPSA) is 78.1 Å². The second-order valence-electron chi connectivity index (χ2n) is 2.56. The molecule has 0 amide bonds. The number of nitrogen functional groups attached to an aromatic ring is 1. The Bertz CT molecular complexity index is 408. The third-order valence-corrected chi connectivity index (χ3v) is 1.80. The number of anilines is 1. The van der Waals surface area contributed by atoms with Crippen molar-refractivity contribution in [3.05, 3.63) is 23.9 Å². The molecule has 0 fully saturated rings. The second kappa shape index (κ2) is 2.49. The van der Waals surface area contributed by atoms with E-state index in [-0.39, 0.29) is 0 Å². The van der Waals surface area contributed by atoms with E-state index in [1.54, 1.807) is 6.07 Å². The van der Waals surface area contributed by atoms with Crippen LogP contribution in [0.2, 0.25) is 0 Å². The zero-order valence-electron chi connectivity index (χ0n) is 6.45. The van der Waals surface area contributed by atoms with Crippen LogP contribution in [0.25, 0.3) is 11.0 Å². The number of rotatable bonds is 1. The van der Waals surface area contributed by atoms with Crippen molar-refractivity contribution in [3.63, 3.8) is 0 Å². The standard InChI is InChI=1S/C8H9N3O/c9-4-7-5-2-1-3-6(10)8(5)12-11-7/h1-3H,4,9-10H2. The molecule has 0 bridgehead atoms. The first-order chi connectivity index (χ1) is 5.83. The number of hydrogen-bond acceptors (Lipinski definition) is 4. The van der Waals surface area contributed by atoms with Gasteiger partial charge < -0.3 is 16.0 Å². The van der Waals surface area contributed by atoms with Crippen LogP contribution in [0.5, 0.6) is 0 Å². The number of aromatic nitrogens is 1. The fourth-order valence-corrected chi connectivity index (χ4v) is 1.18. The number of benzene rings is 1. The van der Waals surface area contributed by atoms with Gasteiger partial charge >= 0.3 is 0 Å². The van der Waals surface area contributed by atoms with Gasteiger partial charge in [0.15, 0.2) is 5.58 Å². The summed E-state index contributed by atoms with van der Waals surface area (Å²) in [5.74, 6) is 0. The average Bonchev–Trinajstić information content (AvgIpc) is 2.49. The molecule has 1 aromatic heterocycles. The van der Waals surface area contributed by atoms with Crippen molar-refractivity contribution in [2.75, 3.05) is 5.73 Å². The molecule has 62 valence electrons. The summed E-state index contributed by atoms with van der Waals surface area (Å²) in [5, 5.41) is 4.70. The molecule has 2 aromatic rings. The number of fused-ring (bicyclic) bond motifs is 1. The van der Waals surface area contributed by atoms with Crippen LogP contribution in [0.3, 0.4) is 0 Å². The predicted octanol–water partition coefficient (Wildman–Crippen LogP) is 0.869. The van der Waals surface area contributed by atoms with E-state index in [1.165, 1.54) is 0 Å². The molecule has 0 saturated heterocycles. The molecule has 0 atom stereocenters. The Morgan fingerprint density at radius 3 is 3.00 bits per heavy atom. The van der Waals surface area contributed by atoms with E-state index in [9.17, 15) is 0 Å². The molecule has 0 radical (unpaired) electrons. The molecular weight excluding hydrogens is 154 g/mol. The molecule has 1 aromatic carbocycles. The van der Waals surface area contributed by atoms with Gasteiger partial charge in [-0.25, -0.2) is 0 Å². The van der Waals surface area contributed by atoms with Crippen LogP contribution in [-0.2, 0) is 6.54 Å². The fourth-order valence-electron chi connectivity index (χ4n) is 1.18. The van der Waals surface area contributed by atoms with Gasteiger partial charge in [-0.3, -0.25) is 0 Å². The van der Waals surface area contributed by atoms with Crippen molar-refractivity contribution < 1.29 is 4.52 Å². The van der Waals surface area contributed by atoms with E-state index in [4.69, 9.17) is 16.0 Å². The van der Waals surface area contributed by atoms with Gasteiger partial charge in [0, 0.05) is 11.9 Å². The van der Waals surface area contributed by atoms with Crippen LogP contribution in [0, 0.1) is 0 Å². The zero-order chi connectivity index (χ0) is 8.55. The Hall–Kier alpha value is -1.55. The van der Waals surface area contributed by atoms with E-state index in [2.05, 4.69) is 5.16 Å². The van der Waals surface area contributed by atoms with Crippen molar-refractivity contribution in [2.45, 2.75) is 6.54 Å². The van der Waals surface area contributed by atoms with Crippen LogP contribution >= 0.6 is 0 Å². The first kappa shape index (κ1) is 7.12. The van der Waals surface area contributed by atoms with Gasteiger partial charge in [-0.15, -0.1) is 0 Å². The summed E-state index contributed by atoms with van der Waals surface area (Å²) in [4.78, 5) is 0. The van der Waals surface area contributed by atoms with Crippen LogP contribution in [-0.4, -0.2) is 5.16 Å². The molecule has 4 N–H and O–H groups in total. The third-order valence-electron chi connectivity index (χ3n) is 1.80. The summed E-state index contributed by atoms with van der Waals surface area (Å²) in [6.45, 7) is 0.371. The smallest absolute Gasteiger partial charge is 0.190 e. The highest BCUT2D eigenvalue weighted by molar-refractivity contribution is 5.89. The fraction of sp³-hybridized carbons (Fsp3) is 0.125. The highest BCUT2D eigenvalue weighted by Gasteiger charge is 2.07. The maximum Gasteiger partial charge on any atom is 0.190 e. The maximum atomic E-state index is 5.65. The van der Waals surface area contributed by atoms with Crippen LogP contribution < -0.4 is 11.5 Å². The van der Waals surface area contributed by atoms with Crippen LogP contribution in [0.4, 0.5) is 5.69 Å². The molecule has 12 heavy (non-hydrogen) atoms. The SMILES string of the molecule is NCc1noc2c(N)cccc12. The van der Waals surface area contributed by atoms with Crippen molar-refractivity contribution in [3.8, 4) is 0 Å². The molecule has 0 aliphatic heterocycles. The lowest BCUT2D eigenvalue weighted by molar-refractivity contribution is 0.447. The number of nitrogens with two attached hydrogens (primary N) is 2. The summed E-state index contributed by atoms with van der Waals surface area (Å²) in [7, 11) is 0. The van der Waals surface area contributed by atoms with Gasteiger partial charge in [0.25, 0.3) is 0 Å². The number of nitrogens with zero attached hydrogens (tertiary/aromatic N) is 1. The lowest BCUT2D eigenvalue weighted by Gasteiger charge is -1.91. The highest BCUT2D eigenvalue weighted by Crippen LogP contribution is 2.22. The Morgan fingerprint density at radius 2 is 2.25 bits per heavy atom. The van der Waals surface area contributed by atoms with Gasteiger partial charge in [0.1, 0.15) is 5.69 Å². The number of hydrogen-bond donors (Lipinski definition) is 2. The van der Waals surface area contributed by atoms with E-state index in [0.29, 0.717) is 17.8 Å². The summed E-state index contributed by atoms with van der Waals surface area (Å²) in [6.07, 6.45) is 0. The van der Waals surface area contributed by atoms with Gasteiger partial charge in [0.05, 0.1) is 5.69 Å². The summed E-state index contributed by atoms with van der Waals surface area (Å²) < 4.78 is 5.02. The second-order valence-corrected chi connectivity index (χ2v) is 2.56. The minimum absolute atomic E-state index is 0.371. The highest BCUT2D eigenvalue weighted by atomic mass is 16.5. The molecule has 4 nitrogen and oxygen atoms in total. The first-order valence-corrected chi connectivity index (χ1v) is 3.65. The summed E-state index contributed by atoms with van der Waals surface area (Å²) in [6, 6.07) is 5.52. The maximum absolute atomic E-state index is 5.65. The molecule has 4 heteroatoms. The Kier molecular flexibility index (Phi) is 1.48. The first-order valence-electron chi connectivity index (χ1n) is 3.65. The quantitative estimate of drug-likeness (QED) is 0.611. The molecule has 0 spiro atoms. The van der Waals surface area contributed by atoms with Crippen molar-refractivity contribution in [2.24, 2.45) is 5.73 Å². The van der Waals surface area contributed by atoms with E-state index in [0.717, 1.165) is 11.1 Å². The molecule has 0 unspecified atom stereocenters. The Labute approximate surface area is 69.1 Å². The average molecular weight is 163 g/mol. The summed E-state index contributed by atoms with van der Waals surface area (Å²) in [5.41, 5.74) is 13.1. The minimum atomic E-state index is 0.371. The Morgan fingerprint density at radius 1 is 1.42 bits per heavy atom. The largest absolute Gasteiger partial charge is 0.396 e. The van der Waals surface area contributed by atoms with E-state index in [1.807, 2.05) is 12.1 Å². The van der Waals surface area contributed by atoms with Crippen molar-refractivity contribution in [1.29, 1.82) is 0 Å². The normalized spacial score (nSPS) is 10.8. The molecule has 2 rings (SSSR count). The van der Waals surface area contributed by atoms with Crippen LogP contribution in [0.15, 0.2) is 22.7 Å². The number of para-hydroxylation sites is 1. The van der Waals surface area contributed by atoms with Gasteiger partial charge in [-0.1, -0.05) is 11.2 Å². The molecular formula is C8H9N3O. The van der Waals surface area contributed by atoms with Crippen LogP contribution in [0.1, 0.15) is 5.69 Å². The third kappa shape index (κ3) is 0.853. The van der Waals surface area contributed by atoms with E-state index < -0.39 is 0 Å². The molecule has 0 saturated carbocycles. The van der Waals surface area contributed by atoms with Crippen molar-refractivity contribution in [1.82, 2.24) is 5.16 Å². The van der Waals surface area contributed by atoms with Gasteiger partial charge in [-0.2, -0.15) is 0 Å². The lowest BCUT2D eigenvalue weighted by atomic mass is 10.2. The van der Waals surface area contributed by atoms with Gasteiger partial charge in [-0.05, 0) is 12.1 Å². The minimum Gasteiger partial charge on any atom is -0.396 e. The van der Waals surface area contributed by atoms with Crippen molar-refractivity contribution >= 4 is 16.7 Å². The Balaban J connectivity index is 2.80. The summed E-state index contributed by atoms with van der Waals surface area (Å²) >= 11 is 0. The van der Waals surface area contributed by atoms with E-state index >= 15 is 0 Å².